The van der Waals surface area contributed by atoms with Crippen LogP contribution in [-0.4, -0.2) is 4.92 Å². The summed E-state index contributed by atoms with van der Waals surface area (Å²) < 4.78 is 10.6. The van der Waals surface area contributed by atoms with Gasteiger partial charge in [0.05, 0.1) is 11.8 Å². The lowest BCUT2D eigenvalue weighted by Gasteiger charge is -1.97. The van der Waals surface area contributed by atoms with Crippen LogP contribution in [0.15, 0.2) is 52.8 Å². The standard InChI is InChI=1S/C13H10N2O4/c16-15(17)13-8-6-9(18-13)5-7-12-14-10-3-1-2-4-11(10)19-12/h1-4,6-8,14H,5H2/b12-7+. The van der Waals surface area contributed by atoms with Gasteiger partial charge in [-0.25, -0.2) is 0 Å². The van der Waals surface area contributed by atoms with Crippen molar-refractivity contribution in [1.29, 1.82) is 0 Å². The van der Waals surface area contributed by atoms with Crippen molar-refractivity contribution < 1.29 is 14.1 Å². The molecular weight excluding hydrogens is 248 g/mol. The van der Waals surface area contributed by atoms with Crippen molar-refractivity contribution >= 4 is 11.6 Å². The molecule has 1 aromatic carbocycles. The molecule has 6 nitrogen and oxygen atoms in total. The van der Waals surface area contributed by atoms with Crippen LogP contribution in [-0.2, 0) is 6.42 Å². The second kappa shape index (κ2) is 4.49. The van der Waals surface area contributed by atoms with Crippen molar-refractivity contribution in [3.63, 3.8) is 0 Å². The monoisotopic (exact) mass is 258 g/mol. The molecule has 0 bridgehead atoms. The Labute approximate surface area is 108 Å². The first kappa shape index (κ1) is 11.3. The van der Waals surface area contributed by atoms with Crippen molar-refractivity contribution in [2.75, 3.05) is 5.32 Å². The number of rotatable bonds is 3. The van der Waals surface area contributed by atoms with E-state index in [1.807, 2.05) is 24.3 Å². The number of hydrogen-bond donors (Lipinski definition) is 1. The number of nitrogens with one attached hydrogen (secondary N) is 1. The summed E-state index contributed by atoms with van der Waals surface area (Å²) in [5, 5.41) is 13.6. The number of hydrogen-bond acceptors (Lipinski definition) is 5. The molecule has 0 saturated heterocycles. The Morgan fingerprint density at radius 1 is 1.26 bits per heavy atom. The van der Waals surface area contributed by atoms with Gasteiger partial charge in [0.1, 0.15) is 10.7 Å². The fourth-order valence-electron chi connectivity index (χ4n) is 1.80. The molecule has 1 aliphatic heterocycles. The molecule has 0 radical (unpaired) electrons. The molecule has 0 saturated carbocycles. The van der Waals surface area contributed by atoms with Gasteiger partial charge in [0.2, 0.25) is 0 Å². The lowest BCUT2D eigenvalue weighted by Crippen LogP contribution is -1.97. The maximum absolute atomic E-state index is 10.5. The maximum Gasteiger partial charge on any atom is 0.433 e. The van der Waals surface area contributed by atoms with Crippen molar-refractivity contribution in [3.8, 4) is 5.75 Å². The van der Waals surface area contributed by atoms with E-state index in [4.69, 9.17) is 9.15 Å². The Balaban J connectivity index is 1.70. The van der Waals surface area contributed by atoms with Crippen LogP contribution >= 0.6 is 0 Å². The average Bonchev–Trinajstić information content (AvgIpc) is 3.02. The summed E-state index contributed by atoms with van der Waals surface area (Å²) in [5.74, 6) is 1.62. The molecule has 0 unspecified atom stereocenters. The van der Waals surface area contributed by atoms with Gasteiger partial charge in [0.25, 0.3) is 0 Å². The van der Waals surface area contributed by atoms with Gasteiger partial charge in [-0.3, -0.25) is 10.1 Å². The van der Waals surface area contributed by atoms with E-state index in [2.05, 4.69) is 5.32 Å². The zero-order valence-corrected chi connectivity index (χ0v) is 9.83. The number of furan rings is 1. The summed E-state index contributed by atoms with van der Waals surface area (Å²) in [4.78, 5) is 9.92. The van der Waals surface area contributed by atoms with Gasteiger partial charge in [-0.1, -0.05) is 12.1 Å². The highest BCUT2D eigenvalue weighted by molar-refractivity contribution is 5.63. The molecular formula is C13H10N2O4. The first-order valence-corrected chi connectivity index (χ1v) is 5.69. The van der Waals surface area contributed by atoms with E-state index in [-0.39, 0.29) is 5.88 Å². The lowest BCUT2D eigenvalue weighted by atomic mass is 10.3. The van der Waals surface area contributed by atoms with Crippen LogP contribution in [0.2, 0.25) is 0 Å². The van der Waals surface area contributed by atoms with Crippen molar-refractivity contribution in [3.05, 3.63) is 64.2 Å². The summed E-state index contributed by atoms with van der Waals surface area (Å²) in [6.45, 7) is 0. The molecule has 2 heterocycles. The molecule has 0 aliphatic carbocycles. The predicted octanol–water partition coefficient (Wildman–Crippen LogP) is 3.08. The third-order valence-electron chi connectivity index (χ3n) is 2.68. The highest BCUT2D eigenvalue weighted by Gasteiger charge is 2.16. The number of ether oxygens (including phenoxy) is 1. The molecule has 0 atom stereocenters. The Morgan fingerprint density at radius 3 is 2.84 bits per heavy atom. The number of fused-ring (bicyclic) bond motifs is 1. The maximum atomic E-state index is 10.5. The van der Waals surface area contributed by atoms with Gasteiger partial charge >= 0.3 is 5.88 Å². The van der Waals surface area contributed by atoms with Gasteiger partial charge in [-0.05, 0) is 24.3 Å². The molecule has 1 aromatic heterocycles. The Morgan fingerprint density at radius 2 is 2.11 bits per heavy atom. The van der Waals surface area contributed by atoms with Crippen LogP contribution in [0.5, 0.6) is 5.75 Å². The second-order valence-corrected chi connectivity index (χ2v) is 3.99. The summed E-state index contributed by atoms with van der Waals surface area (Å²) in [6.07, 6.45) is 2.20. The van der Waals surface area contributed by atoms with E-state index in [0.717, 1.165) is 11.4 Å². The Kier molecular flexibility index (Phi) is 2.68. The predicted molar refractivity (Wildman–Crippen MR) is 67.8 cm³/mol. The number of benzene rings is 1. The van der Waals surface area contributed by atoms with Gasteiger partial charge in [-0.15, -0.1) is 0 Å². The van der Waals surface area contributed by atoms with Crippen LogP contribution in [0.25, 0.3) is 0 Å². The van der Waals surface area contributed by atoms with Crippen LogP contribution in [0, 0.1) is 10.1 Å². The van der Waals surface area contributed by atoms with Gasteiger partial charge in [-0.2, -0.15) is 0 Å². The highest BCUT2D eigenvalue weighted by atomic mass is 16.6. The molecule has 6 heteroatoms. The highest BCUT2D eigenvalue weighted by Crippen LogP contribution is 2.32. The van der Waals surface area contributed by atoms with E-state index < -0.39 is 4.92 Å². The largest absolute Gasteiger partial charge is 0.439 e. The van der Waals surface area contributed by atoms with Crippen LogP contribution in [0.3, 0.4) is 0 Å². The first-order valence-electron chi connectivity index (χ1n) is 5.69. The zero-order chi connectivity index (χ0) is 13.2. The smallest absolute Gasteiger partial charge is 0.433 e. The first-order chi connectivity index (χ1) is 9.22. The number of para-hydroxylation sites is 2. The summed E-state index contributed by atoms with van der Waals surface area (Å²) in [6, 6.07) is 10.5. The molecule has 96 valence electrons. The van der Waals surface area contributed by atoms with Crippen molar-refractivity contribution in [2.24, 2.45) is 0 Å². The molecule has 1 aliphatic rings. The Hall–Kier alpha value is -2.76. The van der Waals surface area contributed by atoms with E-state index in [0.29, 0.717) is 18.1 Å². The quantitative estimate of drug-likeness (QED) is 0.676. The molecule has 19 heavy (non-hydrogen) atoms. The van der Waals surface area contributed by atoms with E-state index >= 15 is 0 Å². The SMILES string of the molecule is O=[N+]([O-])c1ccc(C/C=C2\Nc3ccccc3O2)o1. The zero-order valence-electron chi connectivity index (χ0n) is 9.83. The molecule has 3 rings (SSSR count). The lowest BCUT2D eigenvalue weighted by molar-refractivity contribution is -0.402. The minimum atomic E-state index is -0.559. The molecule has 2 aromatic rings. The normalized spacial score (nSPS) is 14.8. The molecule has 0 spiro atoms. The number of anilines is 1. The van der Waals surface area contributed by atoms with Crippen molar-refractivity contribution in [2.45, 2.75) is 6.42 Å². The fraction of sp³-hybridized carbons (Fsp3) is 0.0769. The van der Waals surface area contributed by atoms with Crippen LogP contribution < -0.4 is 10.1 Å². The molecule has 1 N–H and O–H groups in total. The minimum Gasteiger partial charge on any atom is -0.439 e. The van der Waals surface area contributed by atoms with E-state index in [1.165, 1.54) is 6.07 Å². The third-order valence-corrected chi connectivity index (χ3v) is 2.68. The topological polar surface area (TPSA) is 77.5 Å². The van der Waals surface area contributed by atoms with Crippen LogP contribution in [0.4, 0.5) is 11.6 Å². The van der Waals surface area contributed by atoms with Crippen molar-refractivity contribution in [1.82, 2.24) is 0 Å². The van der Waals surface area contributed by atoms with Gasteiger partial charge in [0, 0.05) is 6.42 Å². The summed E-state index contributed by atoms with van der Waals surface area (Å²) in [7, 11) is 0. The second-order valence-electron chi connectivity index (χ2n) is 3.99. The summed E-state index contributed by atoms with van der Waals surface area (Å²) >= 11 is 0. The van der Waals surface area contributed by atoms with E-state index in [9.17, 15) is 10.1 Å². The minimum absolute atomic E-state index is 0.253. The van der Waals surface area contributed by atoms with E-state index in [1.54, 1.807) is 12.1 Å². The number of nitro groups is 1. The Bertz CT molecular complexity index is 633. The van der Waals surface area contributed by atoms with Crippen LogP contribution in [0.1, 0.15) is 5.76 Å². The fourth-order valence-corrected chi connectivity index (χ4v) is 1.80. The number of allylic oxidation sites excluding steroid dienone is 1. The number of nitrogens with zero attached hydrogens (tertiary/aromatic N) is 1. The molecule has 0 fully saturated rings. The summed E-state index contributed by atoms with van der Waals surface area (Å²) in [5.41, 5.74) is 0.902. The average molecular weight is 258 g/mol. The van der Waals surface area contributed by atoms with Gasteiger partial charge in [0.15, 0.2) is 11.6 Å². The molecule has 0 amide bonds. The van der Waals surface area contributed by atoms with Gasteiger partial charge < -0.3 is 14.5 Å². The third kappa shape index (κ3) is 2.28.